The smallest absolute Gasteiger partial charge is 0.126 e. The number of halogens is 1. The second-order valence-electron chi connectivity index (χ2n) is 1.73. The number of hydrogen-bond acceptors (Lipinski definition) is 2. The van der Waals surface area contributed by atoms with Gasteiger partial charge in [-0.3, -0.25) is 5.41 Å². The summed E-state index contributed by atoms with van der Waals surface area (Å²) in [7, 11) is 0. The predicted molar refractivity (Wildman–Crippen MR) is 39.0 cm³/mol. The van der Waals surface area contributed by atoms with Gasteiger partial charge in [-0.15, -0.1) is 0 Å². The van der Waals surface area contributed by atoms with Gasteiger partial charge in [0.05, 0.1) is 6.10 Å². The van der Waals surface area contributed by atoms with Crippen LogP contribution in [0.15, 0.2) is 11.6 Å². The number of hydrogen-bond donors (Lipinski definition) is 2. The zero-order valence-electron chi connectivity index (χ0n) is 5.48. The second kappa shape index (κ2) is 3.64. The molecule has 0 aromatic rings. The quantitative estimate of drug-likeness (QED) is 0.572. The molecule has 0 aliphatic heterocycles. The van der Waals surface area contributed by atoms with E-state index in [2.05, 4.69) is 0 Å². The molecular weight excluding hydrogens is 138 g/mol. The summed E-state index contributed by atoms with van der Waals surface area (Å²) in [6.45, 7) is 3.31. The lowest BCUT2D eigenvalue weighted by Crippen LogP contribution is -2.09. The number of rotatable bonds is 2. The summed E-state index contributed by atoms with van der Waals surface area (Å²) in [5.41, 5.74) is 0.469. The summed E-state index contributed by atoms with van der Waals surface area (Å²) in [4.78, 5) is 0. The van der Waals surface area contributed by atoms with Crippen LogP contribution in [0.1, 0.15) is 13.8 Å². The summed E-state index contributed by atoms with van der Waals surface area (Å²) in [5, 5.41) is 15.7. The number of aliphatic hydroxyl groups excluding tert-OH is 1. The molecule has 0 aliphatic carbocycles. The van der Waals surface area contributed by atoms with Gasteiger partial charge in [0.25, 0.3) is 0 Å². The Balaban J connectivity index is 4.19. The molecule has 2 nitrogen and oxygen atoms in total. The van der Waals surface area contributed by atoms with Crippen molar-refractivity contribution in [3.8, 4) is 0 Å². The average molecular weight is 148 g/mol. The van der Waals surface area contributed by atoms with Gasteiger partial charge in [-0.1, -0.05) is 17.7 Å². The Labute approximate surface area is 59.7 Å². The third kappa shape index (κ3) is 2.63. The molecule has 3 heteroatoms. The van der Waals surface area contributed by atoms with E-state index in [0.29, 0.717) is 5.57 Å². The van der Waals surface area contributed by atoms with Crippen molar-refractivity contribution in [2.45, 2.75) is 20.0 Å². The van der Waals surface area contributed by atoms with Crippen molar-refractivity contribution < 1.29 is 5.11 Å². The van der Waals surface area contributed by atoms with Gasteiger partial charge >= 0.3 is 0 Å². The molecule has 0 fully saturated rings. The Morgan fingerprint density at radius 2 is 2.22 bits per heavy atom. The van der Waals surface area contributed by atoms with Crippen LogP contribution in [-0.2, 0) is 0 Å². The minimum Gasteiger partial charge on any atom is -0.389 e. The fourth-order valence-electron chi connectivity index (χ4n) is 0.551. The van der Waals surface area contributed by atoms with Crippen LogP contribution in [0.2, 0.25) is 0 Å². The highest BCUT2D eigenvalue weighted by Crippen LogP contribution is 2.05. The van der Waals surface area contributed by atoms with Crippen LogP contribution >= 0.6 is 11.6 Å². The molecule has 0 radical (unpaired) electrons. The zero-order chi connectivity index (χ0) is 7.44. The van der Waals surface area contributed by atoms with E-state index in [1.165, 1.54) is 0 Å². The standard InChI is InChI=1S/C6H10ClNO/c1-3-5(4(2)9)6(7)8/h3-4,8-9H,1-2H3/b5-3-,8-6?. The minimum atomic E-state index is -0.639. The molecule has 0 aromatic carbocycles. The van der Waals surface area contributed by atoms with Crippen molar-refractivity contribution in [3.63, 3.8) is 0 Å². The SMILES string of the molecule is C/C=C(\C(=N)Cl)C(C)O. The first-order valence-corrected chi connectivity index (χ1v) is 3.06. The minimum absolute atomic E-state index is 0.0903. The first-order valence-electron chi connectivity index (χ1n) is 2.68. The number of allylic oxidation sites excluding steroid dienone is 1. The molecule has 0 saturated carbocycles. The van der Waals surface area contributed by atoms with Crippen molar-refractivity contribution in [3.05, 3.63) is 11.6 Å². The van der Waals surface area contributed by atoms with Crippen molar-refractivity contribution >= 4 is 16.8 Å². The third-order valence-corrected chi connectivity index (χ3v) is 1.23. The summed E-state index contributed by atoms with van der Waals surface area (Å²) in [6, 6.07) is 0. The Hall–Kier alpha value is -0.340. The zero-order valence-corrected chi connectivity index (χ0v) is 6.24. The second-order valence-corrected chi connectivity index (χ2v) is 2.11. The first-order chi connectivity index (χ1) is 4.09. The molecule has 0 amide bonds. The number of nitrogens with one attached hydrogen (secondary N) is 1. The summed E-state index contributed by atoms with van der Waals surface area (Å²) >= 11 is 5.29. The van der Waals surface area contributed by atoms with Crippen molar-refractivity contribution in [2.24, 2.45) is 0 Å². The topological polar surface area (TPSA) is 44.1 Å². The largest absolute Gasteiger partial charge is 0.389 e. The molecule has 0 heterocycles. The lowest BCUT2D eigenvalue weighted by molar-refractivity contribution is 0.238. The normalized spacial score (nSPS) is 15.3. The first kappa shape index (κ1) is 8.66. The Morgan fingerprint density at radius 3 is 2.22 bits per heavy atom. The summed E-state index contributed by atoms with van der Waals surface area (Å²) < 4.78 is 0. The molecule has 2 N–H and O–H groups in total. The van der Waals surface area contributed by atoms with E-state index >= 15 is 0 Å². The molecule has 1 unspecified atom stereocenters. The predicted octanol–water partition coefficient (Wildman–Crippen LogP) is 1.53. The van der Waals surface area contributed by atoms with Crippen LogP contribution in [0.5, 0.6) is 0 Å². The van der Waals surface area contributed by atoms with Gasteiger partial charge in [-0.05, 0) is 13.8 Å². The van der Waals surface area contributed by atoms with Gasteiger partial charge in [0, 0.05) is 5.57 Å². The molecule has 0 saturated heterocycles. The maximum Gasteiger partial charge on any atom is 0.126 e. The molecule has 0 rings (SSSR count). The molecule has 9 heavy (non-hydrogen) atoms. The maximum atomic E-state index is 8.89. The van der Waals surface area contributed by atoms with Crippen LogP contribution in [0.3, 0.4) is 0 Å². The highest BCUT2D eigenvalue weighted by molar-refractivity contribution is 6.68. The third-order valence-electron chi connectivity index (χ3n) is 1.01. The summed E-state index contributed by atoms with van der Waals surface area (Å²) in [5.74, 6) is 0. The van der Waals surface area contributed by atoms with Crippen molar-refractivity contribution in [2.75, 3.05) is 0 Å². The van der Waals surface area contributed by atoms with E-state index in [1.807, 2.05) is 0 Å². The van der Waals surface area contributed by atoms with E-state index in [1.54, 1.807) is 19.9 Å². The Kier molecular flexibility index (Phi) is 3.50. The lowest BCUT2D eigenvalue weighted by Gasteiger charge is -2.04. The maximum absolute atomic E-state index is 8.89. The van der Waals surface area contributed by atoms with Gasteiger partial charge in [0.2, 0.25) is 0 Å². The van der Waals surface area contributed by atoms with E-state index in [0.717, 1.165) is 0 Å². The van der Waals surface area contributed by atoms with Crippen LogP contribution < -0.4 is 0 Å². The van der Waals surface area contributed by atoms with Crippen LogP contribution in [0.25, 0.3) is 0 Å². The van der Waals surface area contributed by atoms with Crippen LogP contribution in [-0.4, -0.2) is 16.4 Å². The molecule has 0 aromatic heterocycles. The van der Waals surface area contributed by atoms with Gasteiger partial charge in [-0.2, -0.15) is 0 Å². The Bertz CT molecular complexity index is 140. The van der Waals surface area contributed by atoms with E-state index in [9.17, 15) is 0 Å². The van der Waals surface area contributed by atoms with E-state index in [4.69, 9.17) is 22.1 Å². The highest BCUT2D eigenvalue weighted by atomic mass is 35.5. The van der Waals surface area contributed by atoms with Crippen molar-refractivity contribution in [1.82, 2.24) is 0 Å². The summed E-state index contributed by atoms with van der Waals surface area (Å²) in [6.07, 6.45) is 0.986. The average Bonchev–Trinajstić information content (AvgIpc) is 1.64. The fraction of sp³-hybridized carbons (Fsp3) is 0.500. The van der Waals surface area contributed by atoms with Gasteiger partial charge in [0.1, 0.15) is 5.17 Å². The molecule has 52 valence electrons. The molecule has 0 aliphatic rings. The number of aliphatic hydroxyl groups is 1. The molecule has 0 spiro atoms. The molecule has 0 bridgehead atoms. The van der Waals surface area contributed by atoms with E-state index in [-0.39, 0.29) is 5.17 Å². The monoisotopic (exact) mass is 147 g/mol. The molecular formula is C6H10ClNO. The lowest BCUT2D eigenvalue weighted by atomic mass is 10.2. The van der Waals surface area contributed by atoms with Gasteiger partial charge in [0.15, 0.2) is 0 Å². The Morgan fingerprint density at radius 1 is 1.78 bits per heavy atom. The van der Waals surface area contributed by atoms with E-state index < -0.39 is 6.10 Å². The van der Waals surface area contributed by atoms with Gasteiger partial charge in [-0.25, -0.2) is 0 Å². The van der Waals surface area contributed by atoms with Crippen LogP contribution in [0.4, 0.5) is 0 Å². The van der Waals surface area contributed by atoms with Crippen molar-refractivity contribution in [1.29, 1.82) is 5.41 Å². The van der Waals surface area contributed by atoms with Crippen LogP contribution in [0, 0.1) is 5.41 Å². The molecule has 1 atom stereocenters. The fourth-order valence-corrected chi connectivity index (χ4v) is 0.818. The van der Waals surface area contributed by atoms with Gasteiger partial charge < -0.3 is 5.11 Å². The highest BCUT2D eigenvalue weighted by Gasteiger charge is 2.05.